The molecule has 22 heavy (non-hydrogen) atoms. The zero-order valence-corrected chi connectivity index (χ0v) is 12.8. The highest BCUT2D eigenvalue weighted by atomic mass is 16.5. The van der Waals surface area contributed by atoms with Gasteiger partial charge in [0.2, 0.25) is 0 Å². The lowest BCUT2D eigenvalue weighted by atomic mass is 10.1. The Morgan fingerprint density at radius 2 is 1.86 bits per heavy atom. The van der Waals surface area contributed by atoms with E-state index in [-0.39, 0.29) is 5.97 Å². The number of nitrogens with one attached hydrogen (secondary N) is 1. The highest BCUT2D eigenvalue weighted by molar-refractivity contribution is 5.89. The molecule has 0 bridgehead atoms. The normalized spacial score (nSPS) is 19.7. The molecular weight excluding hydrogens is 274 g/mol. The van der Waals surface area contributed by atoms with Crippen LogP contribution in [0.1, 0.15) is 33.8 Å². The minimum absolute atomic E-state index is 0.289. The average Bonchev–Trinajstić information content (AvgIpc) is 3.35. The molecule has 0 amide bonds. The first-order chi connectivity index (χ1) is 10.8. The monoisotopic (exact) mass is 295 g/mol. The number of hydrogen-bond donors (Lipinski definition) is 1. The van der Waals surface area contributed by atoms with E-state index in [1.165, 1.54) is 24.7 Å². The zero-order valence-electron chi connectivity index (χ0n) is 12.8. The van der Waals surface area contributed by atoms with Crippen LogP contribution in [0, 0.1) is 5.92 Å². The van der Waals surface area contributed by atoms with Gasteiger partial charge in [-0.3, -0.25) is 0 Å². The molecular formula is C19H21NO2. The maximum Gasteiger partial charge on any atom is 0.337 e. The second kappa shape index (κ2) is 6.75. The Morgan fingerprint density at radius 1 is 1.14 bits per heavy atom. The van der Waals surface area contributed by atoms with Crippen molar-refractivity contribution >= 4 is 5.97 Å². The van der Waals surface area contributed by atoms with Gasteiger partial charge in [0.1, 0.15) is 0 Å². The van der Waals surface area contributed by atoms with Crippen molar-refractivity contribution in [1.29, 1.82) is 0 Å². The second-order valence-corrected chi connectivity index (χ2v) is 5.83. The number of rotatable bonds is 6. The Kier molecular flexibility index (Phi) is 4.54. The maximum absolute atomic E-state index is 11.4. The van der Waals surface area contributed by atoms with E-state index < -0.39 is 0 Å². The summed E-state index contributed by atoms with van der Waals surface area (Å²) in [6.07, 6.45) is 1.28. The SMILES string of the molecule is COC(=O)c1ccc(CNCC2CC2c2ccccc2)cc1. The van der Waals surface area contributed by atoms with Crippen molar-refractivity contribution in [1.82, 2.24) is 5.32 Å². The van der Waals surface area contributed by atoms with Crippen molar-refractivity contribution in [3.8, 4) is 0 Å². The van der Waals surface area contributed by atoms with Crippen molar-refractivity contribution in [2.24, 2.45) is 5.92 Å². The molecule has 0 aliphatic heterocycles. The van der Waals surface area contributed by atoms with Crippen LogP contribution in [-0.4, -0.2) is 19.6 Å². The van der Waals surface area contributed by atoms with Crippen LogP contribution in [0.15, 0.2) is 54.6 Å². The predicted molar refractivity (Wildman–Crippen MR) is 86.8 cm³/mol. The van der Waals surface area contributed by atoms with Crippen molar-refractivity contribution < 1.29 is 9.53 Å². The fourth-order valence-corrected chi connectivity index (χ4v) is 2.86. The molecule has 1 N–H and O–H groups in total. The van der Waals surface area contributed by atoms with Gasteiger partial charge >= 0.3 is 5.97 Å². The quantitative estimate of drug-likeness (QED) is 0.830. The van der Waals surface area contributed by atoms with E-state index in [9.17, 15) is 4.79 Å². The topological polar surface area (TPSA) is 38.3 Å². The number of hydrogen-bond acceptors (Lipinski definition) is 3. The summed E-state index contributed by atoms with van der Waals surface area (Å²) in [7, 11) is 1.40. The summed E-state index contributed by atoms with van der Waals surface area (Å²) in [5.41, 5.74) is 3.24. The van der Waals surface area contributed by atoms with Crippen molar-refractivity contribution in [2.45, 2.75) is 18.9 Å². The van der Waals surface area contributed by atoms with Gasteiger partial charge in [0.15, 0.2) is 0 Å². The van der Waals surface area contributed by atoms with Gasteiger partial charge in [-0.05, 0) is 48.1 Å². The molecule has 0 saturated heterocycles. The largest absolute Gasteiger partial charge is 0.465 e. The van der Waals surface area contributed by atoms with Crippen LogP contribution in [-0.2, 0) is 11.3 Å². The van der Waals surface area contributed by atoms with Crippen LogP contribution >= 0.6 is 0 Å². The van der Waals surface area contributed by atoms with E-state index in [1.807, 2.05) is 24.3 Å². The summed E-state index contributed by atoms with van der Waals surface area (Å²) in [5.74, 6) is 1.18. The molecule has 1 aliphatic carbocycles. The summed E-state index contributed by atoms with van der Waals surface area (Å²) in [6, 6.07) is 18.3. The molecule has 2 unspecified atom stereocenters. The number of carbonyl (C=O) groups excluding carboxylic acids is 1. The molecule has 0 heterocycles. The molecule has 3 rings (SSSR count). The molecule has 0 aromatic heterocycles. The first-order valence-electron chi connectivity index (χ1n) is 7.71. The molecule has 2 atom stereocenters. The number of esters is 1. The highest BCUT2D eigenvalue weighted by Crippen LogP contribution is 2.46. The third-order valence-corrected chi connectivity index (χ3v) is 4.26. The first-order valence-corrected chi connectivity index (χ1v) is 7.71. The van der Waals surface area contributed by atoms with Gasteiger partial charge in [-0.2, -0.15) is 0 Å². The molecule has 3 heteroatoms. The summed E-state index contributed by atoms with van der Waals surface area (Å²) in [4.78, 5) is 11.4. The standard InChI is InChI=1S/C19H21NO2/c1-22-19(21)16-9-7-14(8-10-16)12-20-13-17-11-18(17)15-5-3-2-4-6-15/h2-10,17-18,20H,11-13H2,1H3. The lowest BCUT2D eigenvalue weighted by Crippen LogP contribution is -2.16. The second-order valence-electron chi connectivity index (χ2n) is 5.83. The Morgan fingerprint density at radius 3 is 2.55 bits per heavy atom. The van der Waals surface area contributed by atoms with Gasteiger partial charge in [0, 0.05) is 6.54 Å². The summed E-state index contributed by atoms with van der Waals surface area (Å²) in [6.45, 7) is 1.87. The Hall–Kier alpha value is -2.13. The van der Waals surface area contributed by atoms with E-state index in [2.05, 4.69) is 35.6 Å². The Bertz CT molecular complexity index is 622. The molecule has 1 aliphatic rings. The van der Waals surface area contributed by atoms with Crippen molar-refractivity contribution in [2.75, 3.05) is 13.7 Å². The number of methoxy groups -OCH3 is 1. The van der Waals surface area contributed by atoms with Crippen LogP contribution in [0.25, 0.3) is 0 Å². The molecule has 0 radical (unpaired) electrons. The van der Waals surface area contributed by atoms with Gasteiger partial charge in [-0.25, -0.2) is 4.79 Å². The van der Waals surface area contributed by atoms with Crippen LogP contribution in [0.5, 0.6) is 0 Å². The number of ether oxygens (including phenoxy) is 1. The van der Waals surface area contributed by atoms with Crippen LogP contribution in [0.2, 0.25) is 0 Å². The van der Waals surface area contributed by atoms with Crippen LogP contribution in [0.3, 0.4) is 0 Å². The molecule has 0 spiro atoms. The minimum atomic E-state index is -0.289. The first kappa shape index (κ1) is 14.8. The smallest absolute Gasteiger partial charge is 0.337 e. The van der Waals surface area contributed by atoms with Gasteiger partial charge in [-0.1, -0.05) is 42.5 Å². The summed E-state index contributed by atoms with van der Waals surface area (Å²) >= 11 is 0. The molecule has 1 fully saturated rings. The van der Waals surface area contributed by atoms with E-state index in [0.29, 0.717) is 5.56 Å². The van der Waals surface area contributed by atoms with E-state index in [0.717, 1.165) is 24.9 Å². The van der Waals surface area contributed by atoms with Gasteiger partial charge < -0.3 is 10.1 Å². The number of carbonyl (C=O) groups is 1. The predicted octanol–water partition coefficient (Wildman–Crippen LogP) is 3.37. The summed E-state index contributed by atoms with van der Waals surface area (Å²) < 4.78 is 4.70. The van der Waals surface area contributed by atoms with Crippen molar-refractivity contribution in [3.63, 3.8) is 0 Å². The molecule has 3 nitrogen and oxygen atoms in total. The lowest BCUT2D eigenvalue weighted by molar-refractivity contribution is 0.0600. The van der Waals surface area contributed by atoms with Gasteiger partial charge in [0.05, 0.1) is 12.7 Å². The van der Waals surface area contributed by atoms with E-state index in [4.69, 9.17) is 4.74 Å². The van der Waals surface area contributed by atoms with Crippen LogP contribution in [0.4, 0.5) is 0 Å². The maximum atomic E-state index is 11.4. The van der Waals surface area contributed by atoms with Gasteiger partial charge in [-0.15, -0.1) is 0 Å². The third-order valence-electron chi connectivity index (χ3n) is 4.26. The Balaban J connectivity index is 1.44. The van der Waals surface area contributed by atoms with Gasteiger partial charge in [0.25, 0.3) is 0 Å². The molecule has 2 aromatic carbocycles. The average molecular weight is 295 g/mol. The van der Waals surface area contributed by atoms with E-state index >= 15 is 0 Å². The minimum Gasteiger partial charge on any atom is -0.465 e. The lowest BCUT2D eigenvalue weighted by Gasteiger charge is -2.06. The van der Waals surface area contributed by atoms with Crippen LogP contribution < -0.4 is 5.32 Å². The molecule has 2 aromatic rings. The number of benzene rings is 2. The van der Waals surface area contributed by atoms with Crippen molar-refractivity contribution in [3.05, 3.63) is 71.3 Å². The zero-order chi connectivity index (χ0) is 15.4. The molecule has 114 valence electrons. The fourth-order valence-electron chi connectivity index (χ4n) is 2.86. The summed E-state index contributed by atoms with van der Waals surface area (Å²) in [5, 5.41) is 3.51. The molecule has 1 saturated carbocycles. The third kappa shape index (κ3) is 3.55. The Labute approximate surface area is 131 Å². The highest BCUT2D eigenvalue weighted by Gasteiger charge is 2.37. The van der Waals surface area contributed by atoms with E-state index in [1.54, 1.807) is 0 Å². The fraction of sp³-hybridized carbons (Fsp3) is 0.316.